The van der Waals surface area contributed by atoms with Gasteiger partial charge in [-0.3, -0.25) is 9.36 Å². The van der Waals surface area contributed by atoms with Crippen molar-refractivity contribution in [2.75, 3.05) is 0 Å². The summed E-state index contributed by atoms with van der Waals surface area (Å²) in [5, 5.41) is 1.27. The predicted molar refractivity (Wildman–Crippen MR) is 107 cm³/mol. The molecule has 27 heavy (non-hydrogen) atoms. The predicted octanol–water partition coefficient (Wildman–Crippen LogP) is 4.22. The number of imidazole rings is 1. The van der Waals surface area contributed by atoms with Crippen LogP contribution in [0.2, 0.25) is 0 Å². The molecule has 0 saturated carbocycles. The molecular formula is C20H19FN4OS. The number of para-hydroxylation sites is 2. The van der Waals surface area contributed by atoms with Gasteiger partial charge in [-0.2, -0.15) is 0 Å². The first-order valence-electron chi connectivity index (χ1n) is 8.90. The van der Waals surface area contributed by atoms with Gasteiger partial charge >= 0.3 is 0 Å². The lowest BCUT2D eigenvalue weighted by Crippen LogP contribution is -2.22. The maximum atomic E-state index is 14.1. The molecule has 0 unspecified atom stereocenters. The molecule has 2 aromatic heterocycles. The van der Waals surface area contributed by atoms with Gasteiger partial charge in [0.25, 0.3) is 5.56 Å². The zero-order chi connectivity index (χ0) is 19.0. The summed E-state index contributed by atoms with van der Waals surface area (Å²) in [4.78, 5) is 21.9. The second-order valence-electron chi connectivity index (χ2n) is 6.13. The Bertz CT molecular complexity index is 1200. The second kappa shape index (κ2) is 7.15. The number of aryl methyl sites for hydroxylation is 1. The number of thioether (sulfide) groups is 1. The molecule has 0 aliphatic heterocycles. The van der Waals surface area contributed by atoms with Crippen LogP contribution < -0.4 is 5.56 Å². The summed E-state index contributed by atoms with van der Waals surface area (Å²) in [6.07, 6.45) is 0. The lowest BCUT2D eigenvalue weighted by Gasteiger charge is -2.11. The largest absolute Gasteiger partial charge is 0.327 e. The van der Waals surface area contributed by atoms with Gasteiger partial charge in [0.05, 0.1) is 22.2 Å². The molecular weight excluding hydrogens is 363 g/mol. The molecule has 2 heterocycles. The second-order valence-corrected chi connectivity index (χ2v) is 7.07. The van der Waals surface area contributed by atoms with E-state index >= 15 is 0 Å². The van der Waals surface area contributed by atoms with Crippen LogP contribution in [0, 0.1) is 5.82 Å². The SMILES string of the molecule is CCn1c(SCc2nc3c(F)cccc3n2CC)nc2ccccc2c1=O. The summed E-state index contributed by atoms with van der Waals surface area (Å²) in [6, 6.07) is 12.4. The molecule has 0 atom stereocenters. The van der Waals surface area contributed by atoms with Gasteiger partial charge in [-0.15, -0.1) is 0 Å². The number of hydrogen-bond acceptors (Lipinski definition) is 4. The van der Waals surface area contributed by atoms with Crippen molar-refractivity contribution in [3.05, 3.63) is 64.5 Å². The maximum absolute atomic E-state index is 14.1. The van der Waals surface area contributed by atoms with E-state index in [9.17, 15) is 9.18 Å². The summed E-state index contributed by atoms with van der Waals surface area (Å²) in [5.41, 5.74) is 1.81. The summed E-state index contributed by atoms with van der Waals surface area (Å²) < 4.78 is 17.8. The van der Waals surface area contributed by atoms with Crippen molar-refractivity contribution in [1.82, 2.24) is 19.1 Å². The normalized spacial score (nSPS) is 11.5. The minimum Gasteiger partial charge on any atom is -0.327 e. The molecule has 4 aromatic rings. The van der Waals surface area contributed by atoms with Crippen LogP contribution in [-0.2, 0) is 18.8 Å². The van der Waals surface area contributed by atoms with Crippen LogP contribution >= 0.6 is 11.8 Å². The lowest BCUT2D eigenvalue weighted by atomic mass is 10.2. The third-order valence-corrected chi connectivity index (χ3v) is 5.57. The zero-order valence-corrected chi connectivity index (χ0v) is 16.0. The van der Waals surface area contributed by atoms with E-state index < -0.39 is 0 Å². The van der Waals surface area contributed by atoms with Gasteiger partial charge in [0.2, 0.25) is 0 Å². The van der Waals surface area contributed by atoms with Gasteiger partial charge in [0.1, 0.15) is 11.3 Å². The van der Waals surface area contributed by atoms with Crippen molar-refractivity contribution >= 4 is 33.7 Å². The molecule has 0 bridgehead atoms. The molecule has 0 saturated heterocycles. The standard InChI is InChI=1S/C20H19FN4OS/c1-3-24-16-11-7-9-14(21)18(16)23-17(24)12-27-20-22-15-10-6-5-8-13(15)19(26)25(20)4-2/h5-11H,3-4,12H2,1-2H3. The molecule has 0 fully saturated rings. The fraction of sp³-hybridized carbons (Fsp3) is 0.250. The molecule has 7 heteroatoms. The van der Waals surface area contributed by atoms with Crippen molar-refractivity contribution in [2.45, 2.75) is 37.8 Å². The average Bonchev–Trinajstić information content (AvgIpc) is 3.05. The van der Waals surface area contributed by atoms with E-state index in [2.05, 4.69) is 9.97 Å². The fourth-order valence-electron chi connectivity index (χ4n) is 3.29. The molecule has 0 aliphatic rings. The van der Waals surface area contributed by atoms with Crippen molar-refractivity contribution in [1.29, 1.82) is 0 Å². The highest BCUT2D eigenvalue weighted by molar-refractivity contribution is 7.98. The first kappa shape index (κ1) is 17.7. The Morgan fingerprint density at radius 3 is 2.56 bits per heavy atom. The van der Waals surface area contributed by atoms with Crippen LogP contribution in [0.3, 0.4) is 0 Å². The van der Waals surface area contributed by atoms with E-state index in [-0.39, 0.29) is 11.4 Å². The van der Waals surface area contributed by atoms with E-state index in [1.165, 1.54) is 17.8 Å². The molecule has 138 valence electrons. The van der Waals surface area contributed by atoms with Crippen molar-refractivity contribution < 1.29 is 4.39 Å². The summed E-state index contributed by atoms with van der Waals surface area (Å²) >= 11 is 1.45. The zero-order valence-electron chi connectivity index (χ0n) is 15.1. The highest BCUT2D eigenvalue weighted by Crippen LogP contribution is 2.25. The molecule has 0 aliphatic carbocycles. The van der Waals surface area contributed by atoms with Gasteiger partial charge in [-0.1, -0.05) is 30.0 Å². The number of rotatable bonds is 5. The van der Waals surface area contributed by atoms with E-state index in [0.717, 1.165) is 11.3 Å². The Morgan fingerprint density at radius 1 is 1.00 bits per heavy atom. The van der Waals surface area contributed by atoms with E-state index in [1.54, 1.807) is 16.7 Å². The average molecular weight is 382 g/mol. The third kappa shape index (κ3) is 3.02. The fourth-order valence-corrected chi connectivity index (χ4v) is 4.30. The first-order valence-corrected chi connectivity index (χ1v) is 9.88. The van der Waals surface area contributed by atoms with Crippen LogP contribution in [0.25, 0.3) is 21.9 Å². The van der Waals surface area contributed by atoms with Gasteiger partial charge in [0.15, 0.2) is 11.0 Å². The summed E-state index contributed by atoms with van der Waals surface area (Å²) in [5.74, 6) is 0.958. The van der Waals surface area contributed by atoms with Crippen LogP contribution in [0.5, 0.6) is 0 Å². The highest BCUT2D eigenvalue weighted by atomic mass is 32.2. The quantitative estimate of drug-likeness (QED) is 0.383. The summed E-state index contributed by atoms with van der Waals surface area (Å²) in [7, 11) is 0. The Hall–Kier alpha value is -2.67. The highest BCUT2D eigenvalue weighted by Gasteiger charge is 2.15. The Balaban J connectivity index is 1.75. The Labute approximate surface area is 159 Å². The number of fused-ring (bicyclic) bond motifs is 2. The Kier molecular flexibility index (Phi) is 4.70. The maximum Gasteiger partial charge on any atom is 0.262 e. The molecule has 4 rings (SSSR count). The van der Waals surface area contributed by atoms with Crippen molar-refractivity contribution in [3.63, 3.8) is 0 Å². The van der Waals surface area contributed by atoms with E-state index in [4.69, 9.17) is 0 Å². The lowest BCUT2D eigenvalue weighted by molar-refractivity contribution is 0.633. The minimum atomic E-state index is -0.319. The molecule has 0 radical (unpaired) electrons. The number of benzene rings is 2. The van der Waals surface area contributed by atoms with Gasteiger partial charge in [0, 0.05) is 13.1 Å². The topological polar surface area (TPSA) is 52.7 Å². The number of hydrogen-bond donors (Lipinski definition) is 0. The molecule has 5 nitrogen and oxygen atoms in total. The van der Waals surface area contributed by atoms with Crippen molar-refractivity contribution in [3.8, 4) is 0 Å². The first-order chi connectivity index (χ1) is 13.1. The van der Waals surface area contributed by atoms with Crippen LogP contribution in [0.1, 0.15) is 19.7 Å². The number of aromatic nitrogens is 4. The minimum absolute atomic E-state index is 0.0411. The van der Waals surface area contributed by atoms with Crippen LogP contribution in [0.15, 0.2) is 52.4 Å². The Morgan fingerprint density at radius 2 is 1.78 bits per heavy atom. The van der Waals surface area contributed by atoms with Gasteiger partial charge < -0.3 is 4.57 Å². The smallest absolute Gasteiger partial charge is 0.262 e. The molecule has 0 spiro atoms. The molecule has 0 amide bonds. The monoisotopic (exact) mass is 382 g/mol. The number of halogens is 1. The molecule has 0 N–H and O–H groups in total. The summed E-state index contributed by atoms with van der Waals surface area (Å²) in [6.45, 7) is 5.18. The third-order valence-electron chi connectivity index (χ3n) is 4.60. The van der Waals surface area contributed by atoms with Gasteiger partial charge in [-0.25, -0.2) is 14.4 Å². The van der Waals surface area contributed by atoms with E-state index in [0.29, 0.717) is 40.4 Å². The van der Waals surface area contributed by atoms with E-state index in [1.807, 2.05) is 42.7 Å². The van der Waals surface area contributed by atoms with Crippen LogP contribution in [-0.4, -0.2) is 19.1 Å². The van der Waals surface area contributed by atoms with Gasteiger partial charge in [-0.05, 0) is 38.1 Å². The number of nitrogens with zero attached hydrogens (tertiary/aromatic N) is 4. The van der Waals surface area contributed by atoms with Crippen molar-refractivity contribution in [2.24, 2.45) is 0 Å². The molecule has 2 aromatic carbocycles. The van der Waals surface area contributed by atoms with Crippen LogP contribution in [0.4, 0.5) is 4.39 Å².